The van der Waals surface area contributed by atoms with Gasteiger partial charge in [0.1, 0.15) is 28.6 Å². The smallest absolute Gasteiger partial charge is 0.412 e. The normalized spacial score (nSPS) is 24.5. The third-order valence-electron chi connectivity index (χ3n) is 8.63. The van der Waals surface area contributed by atoms with E-state index in [4.69, 9.17) is 10.5 Å². The summed E-state index contributed by atoms with van der Waals surface area (Å²) in [5, 5.41) is 48.3. The first-order valence-electron chi connectivity index (χ1n) is 13.9. The molecular formula is C31H34N4O9. The van der Waals surface area contributed by atoms with E-state index in [-0.39, 0.29) is 36.1 Å². The fourth-order valence-corrected chi connectivity index (χ4v) is 6.68. The highest BCUT2D eigenvalue weighted by molar-refractivity contribution is 6.24. The predicted octanol–water partition coefficient (Wildman–Crippen LogP) is 1.32. The number of ether oxygens (including phenoxy) is 1. The number of aliphatic hydroxyl groups is 3. The number of primary amides is 1. The summed E-state index contributed by atoms with van der Waals surface area (Å²) >= 11 is 0. The number of Topliss-reactive ketones (excluding diaryl/α,β-unsaturated/α-hetero) is 2. The highest BCUT2D eigenvalue weighted by Gasteiger charge is 2.64. The minimum absolute atomic E-state index is 0.0198. The maximum atomic E-state index is 14.1. The molecule has 0 bridgehead atoms. The van der Waals surface area contributed by atoms with Gasteiger partial charge in [-0.25, -0.2) is 4.79 Å². The van der Waals surface area contributed by atoms with Crippen molar-refractivity contribution in [1.82, 2.24) is 10.2 Å². The van der Waals surface area contributed by atoms with Gasteiger partial charge >= 0.3 is 6.09 Å². The van der Waals surface area contributed by atoms with Crippen molar-refractivity contribution in [3.63, 3.8) is 0 Å². The number of carbonyl (C=O) groups excluding carboxylic acids is 4. The number of aliphatic hydroxyl groups excluding tert-OH is 2. The summed E-state index contributed by atoms with van der Waals surface area (Å²) in [6, 6.07) is 8.85. The molecule has 7 N–H and O–H groups in total. The van der Waals surface area contributed by atoms with Gasteiger partial charge in [-0.1, -0.05) is 18.2 Å². The Morgan fingerprint density at radius 1 is 1.09 bits per heavy atom. The number of nitrogens with zero attached hydrogens (tertiary/aromatic N) is 2. The number of aromatic hydroxyl groups is 1. The lowest BCUT2D eigenvalue weighted by atomic mass is 9.57. The monoisotopic (exact) mass is 606 g/mol. The summed E-state index contributed by atoms with van der Waals surface area (Å²) < 4.78 is 5.24. The SMILES string of the molecule is CN(C)c1cc(CNC(=O)Oc2ccccc2)c(O)c2c1CC1CC3C(N(C)C)C(=O)C(C(N)=O)=C(O)C3(O)C(=O)C1=C2O. The molecule has 2 amide bonds. The topological polar surface area (TPSA) is 203 Å². The first-order chi connectivity index (χ1) is 20.7. The Morgan fingerprint density at radius 2 is 1.75 bits per heavy atom. The molecule has 1 fully saturated rings. The number of phenolic OH excluding ortho intramolecular Hbond substituents is 1. The van der Waals surface area contributed by atoms with Crippen LogP contribution in [0.3, 0.4) is 0 Å². The van der Waals surface area contributed by atoms with Crippen molar-refractivity contribution in [2.45, 2.75) is 31.0 Å². The Morgan fingerprint density at radius 3 is 2.34 bits per heavy atom. The third-order valence-corrected chi connectivity index (χ3v) is 8.63. The van der Waals surface area contributed by atoms with Gasteiger partial charge in [-0.15, -0.1) is 0 Å². The molecule has 0 aromatic heterocycles. The van der Waals surface area contributed by atoms with Crippen molar-refractivity contribution >= 4 is 35.0 Å². The molecule has 3 aliphatic rings. The minimum Gasteiger partial charge on any atom is -0.508 e. The molecule has 0 radical (unpaired) electrons. The van der Waals surface area contributed by atoms with Crippen LogP contribution in [0.4, 0.5) is 10.5 Å². The average molecular weight is 607 g/mol. The van der Waals surface area contributed by atoms with Crippen LogP contribution in [0.2, 0.25) is 0 Å². The van der Waals surface area contributed by atoms with Gasteiger partial charge in [0.05, 0.1) is 11.6 Å². The van der Waals surface area contributed by atoms with Crippen LogP contribution in [-0.4, -0.2) is 88.7 Å². The molecule has 0 heterocycles. The summed E-state index contributed by atoms with van der Waals surface area (Å²) in [4.78, 5) is 55.2. The molecule has 0 aliphatic heterocycles. The Balaban J connectivity index is 1.59. The van der Waals surface area contributed by atoms with Crippen LogP contribution in [-0.2, 0) is 27.3 Å². The van der Waals surface area contributed by atoms with Gasteiger partial charge in [0.25, 0.3) is 5.91 Å². The predicted molar refractivity (Wildman–Crippen MR) is 158 cm³/mol. The van der Waals surface area contributed by atoms with E-state index >= 15 is 0 Å². The quantitative estimate of drug-likeness (QED) is 0.259. The zero-order valence-corrected chi connectivity index (χ0v) is 24.6. The second-order valence-corrected chi connectivity index (χ2v) is 11.7. The van der Waals surface area contributed by atoms with Crippen LogP contribution in [0.1, 0.15) is 23.1 Å². The first kappa shape index (κ1) is 30.6. The highest BCUT2D eigenvalue weighted by atomic mass is 16.6. The summed E-state index contributed by atoms with van der Waals surface area (Å²) in [6.45, 7) is -0.199. The van der Waals surface area contributed by atoms with Crippen LogP contribution in [0.15, 0.2) is 53.3 Å². The number of amides is 2. The van der Waals surface area contributed by atoms with E-state index in [1.54, 1.807) is 69.5 Å². The summed E-state index contributed by atoms with van der Waals surface area (Å²) in [7, 11) is 6.59. The summed E-state index contributed by atoms with van der Waals surface area (Å²) in [5.74, 6) is -6.95. The summed E-state index contributed by atoms with van der Waals surface area (Å²) in [5.41, 5.74) is 2.75. The number of para-hydroxylation sites is 1. The Hall–Kier alpha value is -4.88. The van der Waals surface area contributed by atoms with Gasteiger partial charge in [0, 0.05) is 43.4 Å². The lowest BCUT2D eigenvalue weighted by Gasteiger charge is -2.50. The number of fused-ring (bicyclic) bond motifs is 3. The molecule has 44 heavy (non-hydrogen) atoms. The Bertz CT molecular complexity index is 1650. The van der Waals surface area contributed by atoms with E-state index in [1.807, 2.05) is 0 Å². The first-order valence-corrected chi connectivity index (χ1v) is 13.9. The average Bonchev–Trinajstić information content (AvgIpc) is 2.94. The number of benzene rings is 2. The van der Waals surface area contributed by atoms with Crippen LogP contribution in [0.25, 0.3) is 5.76 Å². The van der Waals surface area contributed by atoms with E-state index in [2.05, 4.69) is 5.32 Å². The number of nitrogens with one attached hydrogen (secondary N) is 1. The number of anilines is 1. The number of carbonyl (C=O) groups is 4. The largest absolute Gasteiger partial charge is 0.508 e. The van der Waals surface area contributed by atoms with Gasteiger partial charge in [-0.05, 0) is 56.6 Å². The Labute approximate surface area is 252 Å². The molecule has 4 atom stereocenters. The maximum Gasteiger partial charge on any atom is 0.412 e. The molecule has 2 aromatic carbocycles. The molecule has 2 aromatic rings. The van der Waals surface area contributed by atoms with Crippen LogP contribution >= 0.6 is 0 Å². The van der Waals surface area contributed by atoms with Gasteiger partial charge in [0.2, 0.25) is 5.78 Å². The second kappa shape index (κ2) is 11.0. The van der Waals surface area contributed by atoms with E-state index < -0.39 is 69.9 Å². The molecule has 13 heteroatoms. The standard InChI is InChI=1S/C31H34N4O9/c1-34(2)19-12-15(13-33-30(42)44-16-8-6-5-7-9-16)24(36)21-17(19)10-14-11-18-23(35(3)4)26(38)22(29(32)41)28(40)31(18,43)27(39)20(14)25(21)37/h5-9,12,14,18,23,36-37,40,43H,10-11,13H2,1-4H3,(H2,32,41)(H,33,42). The number of phenols is 1. The molecule has 3 aliphatic carbocycles. The van der Waals surface area contributed by atoms with E-state index in [1.165, 1.54) is 4.90 Å². The Kier molecular flexibility index (Phi) is 7.64. The van der Waals surface area contributed by atoms with Crippen molar-refractivity contribution in [2.24, 2.45) is 17.6 Å². The zero-order valence-electron chi connectivity index (χ0n) is 24.6. The van der Waals surface area contributed by atoms with Gasteiger partial charge in [0.15, 0.2) is 11.4 Å². The fourth-order valence-electron chi connectivity index (χ4n) is 6.68. The lowest BCUT2D eigenvalue weighted by Crippen LogP contribution is -2.65. The molecule has 13 nitrogen and oxygen atoms in total. The number of ketones is 2. The molecule has 0 saturated heterocycles. The van der Waals surface area contributed by atoms with Crippen LogP contribution in [0.5, 0.6) is 11.5 Å². The summed E-state index contributed by atoms with van der Waals surface area (Å²) in [6.07, 6.45) is -0.666. The van der Waals surface area contributed by atoms with Crippen molar-refractivity contribution in [3.8, 4) is 11.5 Å². The molecule has 232 valence electrons. The maximum absolute atomic E-state index is 14.1. The van der Waals surface area contributed by atoms with Crippen molar-refractivity contribution in [2.75, 3.05) is 33.1 Å². The number of hydrogen-bond donors (Lipinski definition) is 6. The lowest BCUT2D eigenvalue weighted by molar-refractivity contribution is -0.153. The number of likely N-dealkylation sites (N-methyl/N-ethyl adjacent to an activating group) is 1. The molecule has 4 unspecified atom stereocenters. The van der Waals surface area contributed by atoms with Crippen molar-refractivity contribution < 1.29 is 44.3 Å². The second-order valence-electron chi connectivity index (χ2n) is 11.7. The molecule has 1 saturated carbocycles. The number of hydrogen-bond acceptors (Lipinski definition) is 11. The molecule has 5 rings (SSSR count). The van der Waals surface area contributed by atoms with Gasteiger partial charge in [-0.2, -0.15) is 0 Å². The van der Waals surface area contributed by atoms with E-state index in [0.29, 0.717) is 17.0 Å². The van der Waals surface area contributed by atoms with E-state index in [0.717, 1.165) is 0 Å². The third kappa shape index (κ3) is 4.64. The molecular weight excluding hydrogens is 572 g/mol. The van der Waals surface area contributed by atoms with Crippen LogP contribution in [0, 0.1) is 11.8 Å². The van der Waals surface area contributed by atoms with Crippen molar-refractivity contribution in [3.05, 3.63) is 70.0 Å². The van der Waals surface area contributed by atoms with Crippen LogP contribution < -0.4 is 20.7 Å². The number of nitrogens with two attached hydrogens (primary N) is 1. The fraction of sp³-hybridized carbons (Fsp3) is 0.355. The van der Waals surface area contributed by atoms with Gasteiger partial charge < -0.3 is 41.1 Å². The van der Waals surface area contributed by atoms with Crippen molar-refractivity contribution in [1.29, 1.82) is 0 Å². The minimum atomic E-state index is -2.73. The van der Waals surface area contributed by atoms with Gasteiger partial charge in [-0.3, -0.25) is 19.3 Å². The highest BCUT2D eigenvalue weighted by Crippen LogP contribution is 2.54. The number of rotatable bonds is 6. The van der Waals surface area contributed by atoms with E-state index in [9.17, 15) is 39.6 Å². The molecule has 0 spiro atoms. The zero-order chi connectivity index (χ0) is 32.2.